The van der Waals surface area contributed by atoms with Gasteiger partial charge in [0, 0.05) is 11.5 Å². The molecule has 3 aliphatic rings. The van der Waals surface area contributed by atoms with Crippen molar-refractivity contribution in [1.82, 2.24) is 4.90 Å². The van der Waals surface area contributed by atoms with Gasteiger partial charge in [-0.1, -0.05) is 97.6 Å². The molecule has 7 rings (SSSR count). The van der Waals surface area contributed by atoms with Crippen LogP contribution in [-0.4, -0.2) is 43.8 Å². The Bertz CT molecular complexity index is 1580. The molecule has 0 amide bonds. The molecule has 0 aromatic heterocycles. The Kier molecular flexibility index (Phi) is 8.38. The molecule has 44 heavy (non-hydrogen) atoms. The Hall–Kier alpha value is -4.28. The van der Waals surface area contributed by atoms with Crippen molar-refractivity contribution >= 4 is 23.0 Å². The number of allylic oxidation sites excluding steroid dienone is 1. The molecule has 4 aromatic rings. The number of anilines is 2. The number of hydrogen-bond donors (Lipinski definition) is 0. The number of piperidine rings is 3. The molecule has 0 aliphatic carbocycles. The van der Waals surface area contributed by atoms with Crippen molar-refractivity contribution in [2.24, 2.45) is 5.92 Å². The third-order valence-electron chi connectivity index (χ3n) is 10.0. The molecular formula is C40H44N2O2. The van der Waals surface area contributed by atoms with Gasteiger partial charge in [-0.25, -0.2) is 0 Å². The lowest BCUT2D eigenvalue weighted by Gasteiger charge is -2.63. The van der Waals surface area contributed by atoms with Crippen molar-refractivity contribution in [1.29, 1.82) is 0 Å². The second kappa shape index (κ2) is 12.4. The van der Waals surface area contributed by atoms with Gasteiger partial charge in [-0.05, 0) is 92.2 Å². The van der Waals surface area contributed by atoms with Crippen molar-refractivity contribution in [2.45, 2.75) is 44.2 Å². The molecular weight excluding hydrogens is 540 g/mol. The van der Waals surface area contributed by atoms with E-state index in [-0.39, 0.29) is 17.5 Å². The van der Waals surface area contributed by atoms with Crippen molar-refractivity contribution in [3.63, 3.8) is 0 Å². The predicted molar refractivity (Wildman–Crippen MR) is 184 cm³/mol. The van der Waals surface area contributed by atoms with E-state index in [4.69, 9.17) is 9.47 Å². The summed E-state index contributed by atoms with van der Waals surface area (Å²) in [4.78, 5) is 5.31. The van der Waals surface area contributed by atoms with Gasteiger partial charge in [0.1, 0.15) is 11.5 Å². The predicted octanol–water partition coefficient (Wildman–Crippen LogP) is 9.20. The molecule has 3 fully saturated rings. The van der Waals surface area contributed by atoms with E-state index in [0.717, 1.165) is 65.5 Å². The van der Waals surface area contributed by atoms with Gasteiger partial charge in [-0.2, -0.15) is 0 Å². The third-order valence-corrected chi connectivity index (χ3v) is 10.0. The zero-order chi connectivity index (χ0) is 30.8. The maximum atomic E-state index is 6.14. The van der Waals surface area contributed by atoms with Crippen LogP contribution in [0.2, 0.25) is 0 Å². The lowest BCUT2D eigenvalue weighted by Crippen LogP contribution is -2.72. The first-order chi connectivity index (χ1) is 21.4. The second-order valence-corrected chi connectivity index (χ2v) is 12.4. The van der Waals surface area contributed by atoms with Crippen LogP contribution in [0.4, 0.5) is 11.4 Å². The number of nitrogens with zero attached hydrogens (tertiary/aromatic N) is 2. The van der Waals surface area contributed by atoms with E-state index in [0.29, 0.717) is 5.92 Å². The number of rotatable bonds is 10. The van der Waals surface area contributed by atoms with Crippen molar-refractivity contribution in [2.75, 3.05) is 32.2 Å². The highest BCUT2D eigenvalue weighted by atomic mass is 16.5. The van der Waals surface area contributed by atoms with Crippen LogP contribution in [0.3, 0.4) is 0 Å². The van der Waals surface area contributed by atoms with Gasteiger partial charge >= 0.3 is 0 Å². The summed E-state index contributed by atoms with van der Waals surface area (Å²) < 4.78 is 12.3. The first-order valence-electron chi connectivity index (χ1n) is 15.7. The molecule has 0 N–H and O–H groups in total. The minimum atomic E-state index is -0.274. The van der Waals surface area contributed by atoms with Gasteiger partial charge in [-0.15, -0.1) is 0 Å². The van der Waals surface area contributed by atoms with Gasteiger partial charge in [0.05, 0.1) is 31.6 Å². The summed E-state index contributed by atoms with van der Waals surface area (Å²) in [5, 5.41) is 0. The molecule has 4 aromatic carbocycles. The van der Waals surface area contributed by atoms with E-state index in [1.165, 1.54) is 11.1 Å². The summed E-state index contributed by atoms with van der Waals surface area (Å²) in [5.74, 6) is 2.24. The molecule has 2 bridgehead atoms. The number of hydrogen-bond acceptors (Lipinski definition) is 4. The van der Waals surface area contributed by atoms with Gasteiger partial charge in [0.2, 0.25) is 0 Å². The molecule has 4 nitrogen and oxygen atoms in total. The van der Waals surface area contributed by atoms with Crippen LogP contribution in [0.1, 0.15) is 54.9 Å². The molecule has 0 radical (unpaired) electrons. The summed E-state index contributed by atoms with van der Waals surface area (Å²) in [6.07, 6.45) is 4.19. The first kappa shape index (κ1) is 29.8. The third kappa shape index (κ3) is 5.11. The summed E-state index contributed by atoms with van der Waals surface area (Å²) >= 11 is 0. The van der Waals surface area contributed by atoms with E-state index in [2.05, 4.69) is 134 Å². The van der Waals surface area contributed by atoms with Crippen LogP contribution in [0, 0.1) is 5.92 Å². The average molecular weight is 585 g/mol. The van der Waals surface area contributed by atoms with E-state index in [1.54, 1.807) is 14.2 Å². The van der Waals surface area contributed by atoms with Crippen LogP contribution in [-0.2, 0) is 0 Å². The Morgan fingerprint density at radius 3 is 1.91 bits per heavy atom. The molecule has 3 aliphatic heterocycles. The summed E-state index contributed by atoms with van der Waals surface area (Å²) in [6, 6.07) is 35.0. The van der Waals surface area contributed by atoms with Crippen LogP contribution in [0.25, 0.3) is 11.6 Å². The van der Waals surface area contributed by atoms with E-state index in [9.17, 15) is 0 Å². The van der Waals surface area contributed by atoms with Crippen molar-refractivity contribution < 1.29 is 9.47 Å². The highest BCUT2D eigenvalue weighted by Crippen LogP contribution is 2.55. The zero-order valence-electron chi connectivity index (χ0n) is 26.5. The standard InChI is InChI=1S/C40H44N2O2/c1-7-29-18-20-36(43-5)34(26-29)42(35-27-33(28(2)3)19-21-37(35)44-6)39-32-22-24-41(25-23-32)40(39,4)38(30-14-10-8-11-15-30)31-16-12-9-13-17-31/h7-21,26-27,32,38-39H,1-2,22-25H2,3-6H3/t39-,40-/m0/s1. The highest BCUT2D eigenvalue weighted by Gasteiger charge is 2.58. The summed E-state index contributed by atoms with van der Waals surface area (Å²) in [7, 11) is 3.53. The normalized spacial score (nSPS) is 22.4. The molecule has 4 heteroatoms. The first-order valence-corrected chi connectivity index (χ1v) is 15.7. The van der Waals surface area contributed by atoms with E-state index >= 15 is 0 Å². The maximum Gasteiger partial charge on any atom is 0.142 e. The molecule has 3 heterocycles. The summed E-state index contributed by atoms with van der Waals surface area (Å²) in [6.45, 7) is 15.1. The number of methoxy groups -OCH3 is 2. The van der Waals surface area contributed by atoms with E-state index in [1.807, 2.05) is 6.08 Å². The lowest BCUT2D eigenvalue weighted by molar-refractivity contribution is -0.0471. The number of ether oxygens (including phenoxy) is 2. The lowest BCUT2D eigenvalue weighted by atomic mass is 9.61. The Morgan fingerprint density at radius 1 is 0.841 bits per heavy atom. The SMILES string of the molecule is C=Cc1ccc(OC)c(N(c2cc(C(=C)C)ccc2OC)[C@H]2C3CCN(CC3)[C@@]2(C)C(c2ccccc2)c2ccccc2)c1. The van der Waals surface area contributed by atoms with Gasteiger partial charge in [-0.3, -0.25) is 4.90 Å². The minimum Gasteiger partial charge on any atom is -0.495 e. The van der Waals surface area contributed by atoms with Gasteiger partial charge in [0.25, 0.3) is 0 Å². The molecule has 226 valence electrons. The molecule has 0 unspecified atom stereocenters. The zero-order valence-corrected chi connectivity index (χ0v) is 26.5. The summed E-state index contributed by atoms with van der Waals surface area (Å²) in [5.41, 5.74) is 7.58. The van der Waals surface area contributed by atoms with Crippen LogP contribution in [0.5, 0.6) is 11.5 Å². The highest BCUT2D eigenvalue weighted by molar-refractivity contribution is 5.80. The van der Waals surface area contributed by atoms with Gasteiger partial charge in [0.15, 0.2) is 0 Å². The van der Waals surface area contributed by atoms with Crippen LogP contribution >= 0.6 is 0 Å². The number of benzene rings is 4. The smallest absolute Gasteiger partial charge is 0.142 e. The fourth-order valence-electron chi connectivity index (χ4n) is 7.94. The fourth-order valence-corrected chi connectivity index (χ4v) is 7.94. The van der Waals surface area contributed by atoms with Crippen molar-refractivity contribution in [3.8, 4) is 11.5 Å². The molecule has 0 spiro atoms. The Balaban J connectivity index is 1.68. The topological polar surface area (TPSA) is 24.9 Å². The fraction of sp³-hybridized carbons (Fsp3) is 0.300. The maximum absolute atomic E-state index is 6.14. The quantitative estimate of drug-likeness (QED) is 0.186. The van der Waals surface area contributed by atoms with Crippen molar-refractivity contribution in [3.05, 3.63) is 132 Å². The monoisotopic (exact) mass is 584 g/mol. The largest absolute Gasteiger partial charge is 0.495 e. The Morgan fingerprint density at radius 2 is 1.39 bits per heavy atom. The van der Waals surface area contributed by atoms with E-state index < -0.39 is 0 Å². The second-order valence-electron chi connectivity index (χ2n) is 12.4. The minimum absolute atomic E-state index is 0.0960. The molecule has 3 saturated heterocycles. The average Bonchev–Trinajstić information content (AvgIpc) is 3.07. The van der Waals surface area contributed by atoms with Gasteiger partial charge < -0.3 is 14.4 Å². The van der Waals surface area contributed by atoms with Crippen LogP contribution < -0.4 is 14.4 Å². The molecule has 2 atom stereocenters. The molecule has 0 saturated carbocycles. The van der Waals surface area contributed by atoms with Crippen LogP contribution in [0.15, 0.2) is 110 Å². The Labute approximate surface area is 263 Å². The number of fused-ring (bicyclic) bond motifs is 3.